The number of hydrogen-bond acceptors (Lipinski definition) is 5. The SMILES string of the molecule is CC(CCN)N1CCC(Nc2ccc(C3(C)OCCO3)cc2)CC1. The molecule has 134 valence electrons. The number of ether oxygens (including phenoxy) is 2. The van der Waals surface area contributed by atoms with Crippen LogP contribution < -0.4 is 11.1 Å². The van der Waals surface area contributed by atoms with Gasteiger partial charge in [0.25, 0.3) is 0 Å². The third kappa shape index (κ3) is 4.09. The van der Waals surface area contributed by atoms with E-state index in [1.807, 2.05) is 6.92 Å². The first kappa shape index (κ1) is 17.7. The zero-order valence-electron chi connectivity index (χ0n) is 15.0. The minimum Gasteiger partial charge on any atom is -0.382 e. The predicted octanol–water partition coefficient (Wildman–Crippen LogP) is 2.52. The summed E-state index contributed by atoms with van der Waals surface area (Å²) in [5, 5.41) is 3.67. The van der Waals surface area contributed by atoms with Gasteiger partial charge in [0.2, 0.25) is 0 Å². The molecular formula is C19H31N3O2. The van der Waals surface area contributed by atoms with Crippen molar-refractivity contribution in [1.82, 2.24) is 4.90 Å². The molecule has 0 aromatic heterocycles. The lowest BCUT2D eigenvalue weighted by Crippen LogP contribution is -2.44. The molecule has 24 heavy (non-hydrogen) atoms. The van der Waals surface area contributed by atoms with Crippen molar-refractivity contribution in [1.29, 1.82) is 0 Å². The van der Waals surface area contributed by atoms with Crippen molar-refractivity contribution in [3.63, 3.8) is 0 Å². The molecule has 2 aliphatic heterocycles. The fourth-order valence-electron chi connectivity index (χ4n) is 3.69. The van der Waals surface area contributed by atoms with Crippen LogP contribution in [-0.2, 0) is 15.3 Å². The number of anilines is 1. The first-order valence-electron chi connectivity index (χ1n) is 9.20. The molecule has 1 aromatic carbocycles. The van der Waals surface area contributed by atoms with Gasteiger partial charge in [-0.05, 0) is 51.8 Å². The minimum atomic E-state index is -0.580. The Balaban J connectivity index is 1.50. The average Bonchev–Trinajstić information content (AvgIpc) is 3.04. The summed E-state index contributed by atoms with van der Waals surface area (Å²) < 4.78 is 11.4. The number of hydrogen-bond donors (Lipinski definition) is 2. The Labute approximate surface area is 145 Å². The van der Waals surface area contributed by atoms with Gasteiger partial charge < -0.3 is 25.4 Å². The van der Waals surface area contributed by atoms with Gasteiger partial charge in [-0.15, -0.1) is 0 Å². The molecule has 3 N–H and O–H groups in total. The van der Waals surface area contributed by atoms with E-state index in [1.54, 1.807) is 0 Å². The van der Waals surface area contributed by atoms with E-state index >= 15 is 0 Å². The Kier molecular flexibility index (Phi) is 5.76. The fourth-order valence-corrected chi connectivity index (χ4v) is 3.69. The second-order valence-electron chi connectivity index (χ2n) is 7.10. The highest BCUT2D eigenvalue weighted by Gasteiger charge is 2.33. The highest BCUT2D eigenvalue weighted by atomic mass is 16.7. The summed E-state index contributed by atoms with van der Waals surface area (Å²) in [7, 11) is 0. The number of likely N-dealkylation sites (tertiary alicyclic amines) is 1. The summed E-state index contributed by atoms with van der Waals surface area (Å²) in [5.41, 5.74) is 7.93. The standard InChI is InChI=1S/C19H31N3O2/c1-15(7-10-20)22-11-8-18(9-12-22)21-17-5-3-16(4-6-17)19(2)23-13-14-24-19/h3-6,15,18,21H,7-14,20H2,1-2H3. The van der Waals surface area contributed by atoms with Crippen molar-refractivity contribution in [2.75, 3.05) is 38.2 Å². The van der Waals surface area contributed by atoms with E-state index in [0.29, 0.717) is 25.3 Å². The Morgan fingerprint density at radius 1 is 1.21 bits per heavy atom. The van der Waals surface area contributed by atoms with Gasteiger partial charge in [0.05, 0.1) is 13.2 Å². The molecule has 0 saturated carbocycles. The number of piperidine rings is 1. The molecule has 1 atom stereocenters. The minimum absolute atomic E-state index is 0.548. The summed E-state index contributed by atoms with van der Waals surface area (Å²) in [6.07, 6.45) is 3.45. The molecule has 0 spiro atoms. The lowest BCUT2D eigenvalue weighted by molar-refractivity contribution is -0.149. The lowest BCUT2D eigenvalue weighted by atomic mass is 10.0. The van der Waals surface area contributed by atoms with Crippen LogP contribution in [-0.4, -0.2) is 49.8 Å². The molecule has 0 aliphatic carbocycles. The predicted molar refractivity (Wildman–Crippen MR) is 97.0 cm³/mol. The number of nitrogens with two attached hydrogens (primary N) is 1. The van der Waals surface area contributed by atoms with Crippen LogP contribution in [0.1, 0.15) is 38.7 Å². The second kappa shape index (κ2) is 7.83. The van der Waals surface area contributed by atoms with E-state index in [2.05, 4.69) is 41.4 Å². The van der Waals surface area contributed by atoms with Crippen LogP contribution >= 0.6 is 0 Å². The van der Waals surface area contributed by atoms with Crippen LogP contribution in [0.25, 0.3) is 0 Å². The summed E-state index contributed by atoms with van der Waals surface area (Å²) >= 11 is 0. The van der Waals surface area contributed by atoms with Crippen LogP contribution in [0.3, 0.4) is 0 Å². The maximum Gasteiger partial charge on any atom is 0.192 e. The maximum absolute atomic E-state index is 5.71. The van der Waals surface area contributed by atoms with E-state index in [1.165, 1.54) is 18.5 Å². The number of nitrogens with zero attached hydrogens (tertiary/aromatic N) is 1. The Hall–Kier alpha value is -1.14. The first-order chi connectivity index (χ1) is 11.6. The third-order valence-electron chi connectivity index (χ3n) is 5.36. The number of nitrogens with one attached hydrogen (secondary N) is 1. The van der Waals surface area contributed by atoms with E-state index < -0.39 is 5.79 Å². The van der Waals surface area contributed by atoms with Gasteiger partial charge >= 0.3 is 0 Å². The molecular weight excluding hydrogens is 302 g/mol. The summed E-state index contributed by atoms with van der Waals surface area (Å²) in [5.74, 6) is -0.580. The highest BCUT2D eigenvalue weighted by Crippen LogP contribution is 2.31. The molecule has 0 bridgehead atoms. The summed E-state index contributed by atoms with van der Waals surface area (Å²) in [4.78, 5) is 2.56. The molecule has 2 fully saturated rings. The van der Waals surface area contributed by atoms with Crippen LogP contribution in [0.4, 0.5) is 5.69 Å². The van der Waals surface area contributed by atoms with Gasteiger partial charge in [-0.1, -0.05) is 12.1 Å². The average molecular weight is 333 g/mol. The molecule has 3 rings (SSSR count). The summed E-state index contributed by atoms with van der Waals surface area (Å²) in [6.45, 7) is 8.68. The Morgan fingerprint density at radius 2 is 1.83 bits per heavy atom. The Morgan fingerprint density at radius 3 is 2.42 bits per heavy atom. The quantitative estimate of drug-likeness (QED) is 0.838. The van der Waals surface area contributed by atoms with Crippen LogP contribution in [0.15, 0.2) is 24.3 Å². The van der Waals surface area contributed by atoms with Gasteiger partial charge in [0, 0.05) is 36.4 Å². The van der Waals surface area contributed by atoms with Gasteiger partial charge in [0.1, 0.15) is 0 Å². The molecule has 1 unspecified atom stereocenters. The molecule has 1 aromatic rings. The highest BCUT2D eigenvalue weighted by molar-refractivity contribution is 5.46. The van der Waals surface area contributed by atoms with Gasteiger partial charge in [-0.3, -0.25) is 0 Å². The van der Waals surface area contributed by atoms with E-state index in [4.69, 9.17) is 15.2 Å². The molecule has 2 aliphatic rings. The Bertz CT molecular complexity index is 506. The van der Waals surface area contributed by atoms with Crippen molar-refractivity contribution in [3.05, 3.63) is 29.8 Å². The van der Waals surface area contributed by atoms with Crippen LogP contribution in [0, 0.1) is 0 Å². The second-order valence-corrected chi connectivity index (χ2v) is 7.10. The van der Waals surface area contributed by atoms with Gasteiger partial charge in [-0.25, -0.2) is 0 Å². The number of benzene rings is 1. The normalized spacial score (nSPS) is 23.3. The van der Waals surface area contributed by atoms with Crippen molar-refractivity contribution >= 4 is 5.69 Å². The van der Waals surface area contributed by atoms with E-state index in [0.717, 1.165) is 31.6 Å². The van der Waals surface area contributed by atoms with Crippen molar-refractivity contribution in [2.24, 2.45) is 5.73 Å². The topological polar surface area (TPSA) is 59.8 Å². The molecule has 0 radical (unpaired) electrons. The van der Waals surface area contributed by atoms with Crippen molar-refractivity contribution in [2.45, 2.75) is 51.0 Å². The summed E-state index contributed by atoms with van der Waals surface area (Å²) in [6, 6.07) is 9.62. The van der Waals surface area contributed by atoms with E-state index in [-0.39, 0.29) is 0 Å². The molecule has 2 saturated heterocycles. The van der Waals surface area contributed by atoms with Gasteiger partial charge in [0.15, 0.2) is 5.79 Å². The van der Waals surface area contributed by atoms with Crippen LogP contribution in [0.2, 0.25) is 0 Å². The van der Waals surface area contributed by atoms with Gasteiger partial charge in [-0.2, -0.15) is 0 Å². The fraction of sp³-hybridized carbons (Fsp3) is 0.684. The number of rotatable bonds is 6. The largest absolute Gasteiger partial charge is 0.382 e. The molecule has 5 heteroatoms. The van der Waals surface area contributed by atoms with Crippen LogP contribution in [0.5, 0.6) is 0 Å². The zero-order chi connectivity index (χ0) is 17.0. The zero-order valence-corrected chi connectivity index (χ0v) is 15.0. The maximum atomic E-state index is 5.71. The third-order valence-corrected chi connectivity index (χ3v) is 5.36. The monoisotopic (exact) mass is 333 g/mol. The lowest BCUT2D eigenvalue weighted by Gasteiger charge is -2.36. The smallest absolute Gasteiger partial charge is 0.192 e. The molecule has 2 heterocycles. The van der Waals surface area contributed by atoms with Crippen molar-refractivity contribution in [3.8, 4) is 0 Å². The molecule has 0 amide bonds. The first-order valence-corrected chi connectivity index (χ1v) is 9.20. The van der Waals surface area contributed by atoms with Crippen molar-refractivity contribution < 1.29 is 9.47 Å². The molecule has 5 nitrogen and oxygen atoms in total. The van der Waals surface area contributed by atoms with E-state index in [9.17, 15) is 0 Å².